The van der Waals surface area contributed by atoms with E-state index in [0.29, 0.717) is 30.9 Å². The van der Waals surface area contributed by atoms with Gasteiger partial charge in [0.25, 0.3) is 5.56 Å². The fourth-order valence-electron chi connectivity index (χ4n) is 4.02. The minimum Gasteiger partial charge on any atom is -0.462 e. The number of amides is 1. The lowest BCUT2D eigenvalue weighted by Crippen LogP contribution is -2.35. The fraction of sp³-hybridized carbons (Fsp3) is 0.458. The van der Waals surface area contributed by atoms with Crippen molar-refractivity contribution in [1.29, 1.82) is 0 Å². The fourth-order valence-corrected chi connectivity index (χ4v) is 4.02. The lowest BCUT2D eigenvalue weighted by atomic mass is 10.1. The van der Waals surface area contributed by atoms with Crippen LogP contribution in [0.5, 0.6) is 0 Å². The van der Waals surface area contributed by atoms with E-state index in [-0.39, 0.29) is 47.0 Å². The topological polar surface area (TPSA) is 104 Å². The standard InChI is InChI=1S/C24H28N4O5/c1-3-5-11-20(29)26-22-18(24(31)32-4-2)14-17-21(28(22)15-16-9-8-13-33-16)25-19-10-6-7-12-27(19)23(17)30/h6-7,10,12,14,16H,3-5,8-9,11,13,15H2,1-2H3/t16-/m1/s1. The number of aromatic nitrogens is 3. The van der Waals surface area contributed by atoms with Crippen LogP contribution < -0.4 is 11.0 Å². The van der Waals surface area contributed by atoms with Crippen LogP contribution in [0.15, 0.2) is 40.2 Å². The second-order valence-electron chi connectivity index (χ2n) is 8.04. The first-order valence-electron chi connectivity index (χ1n) is 11.4. The van der Waals surface area contributed by atoms with Crippen molar-refractivity contribution in [2.24, 2.45) is 4.99 Å². The Kier molecular flexibility index (Phi) is 6.98. The number of hydrogen-bond donors (Lipinski definition) is 0. The molecule has 0 radical (unpaired) electrons. The molecule has 1 aliphatic heterocycles. The van der Waals surface area contributed by atoms with Crippen molar-refractivity contribution in [2.75, 3.05) is 13.2 Å². The Morgan fingerprint density at radius 1 is 1.30 bits per heavy atom. The van der Waals surface area contributed by atoms with Crippen LogP contribution in [-0.2, 0) is 20.8 Å². The van der Waals surface area contributed by atoms with Crippen LogP contribution in [0.3, 0.4) is 0 Å². The van der Waals surface area contributed by atoms with Gasteiger partial charge in [0.1, 0.15) is 16.9 Å². The Hall–Kier alpha value is -3.33. The van der Waals surface area contributed by atoms with Gasteiger partial charge in [-0.2, -0.15) is 4.99 Å². The molecule has 9 nitrogen and oxygen atoms in total. The van der Waals surface area contributed by atoms with Gasteiger partial charge in [0.05, 0.1) is 24.6 Å². The van der Waals surface area contributed by atoms with Gasteiger partial charge in [0.15, 0.2) is 5.49 Å². The maximum absolute atomic E-state index is 13.3. The van der Waals surface area contributed by atoms with Crippen LogP contribution in [0.4, 0.5) is 0 Å². The molecule has 0 aliphatic carbocycles. The molecular weight excluding hydrogens is 424 g/mol. The van der Waals surface area contributed by atoms with E-state index in [0.717, 1.165) is 19.3 Å². The maximum Gasteiger partial charge on any atom is 0.341 e. The lowest BCUT2D eigenvalue weighted by molar-refractivity contribution is -0.118. The lowest BCUT2D eigenvalue weighted by Gasteiger charge is -2.18. The molecule has 1 fully saturated rings. The zero-order valence-corrected chi connectivity index (χ0v) is 19.0. The average Bonchev–Trinajstić information content (AvgIpc) is 3.33. The highest BCUT2D eigenvalue weighted by Gasteiger charge is 2.23. The summed E-state index contributed by atoms with van der Waals surface area (Å²) in [5.74, 6) is -0.972. The summed E-state index contributed by atoms with van der Waals surface area (Å²) < 4.78 is 14.2. The van der Waals surface area contributed by atoms with Gasteiger partial charge in [-0.05, 0) is 44.4 Å². The summed E-state index contributed by atoms with van der Waals surface area (Å²) in [6, 6.07) is 6.72. The molecule has 0 saturated carbocycles. The highest BCUT2D eigenvalue weighted by molar-refractivity contribution is 5.93. The summed E-state index contributed by atoms with van der Waals surface area (Å²) in [7, 11) is 0. The number of fused-ring (bicyclic) bond motifs is 2. The van der Waals surface area contributed by atoms with E-state index in [1.807, 2.05) is 6.92 Å². The van der Waals surface area contributed by atoms with Crippen molar-refractivity contribution >= 4 is 28.6 Å². The van der Waals surface area contributed by atoms with Crippen molar-refractivity contribution in [1.82, 2.24) is 14.0 Å². The zero-order valence-electron chi connectivity index (χ0n) is 19.0. The van der Waals surface area contributed by atoms with Gasteiger partial charge in [0, 0.05) is 19.2 Å². The van der Waals surface area contributed by atoms with Gasteiger partial charge in [-0.15, -0.1) is 0 Å². The number of carbonyl (C=O) groups is 2. The van der Waals surface area contributed by atoms with Crippen LogP contribution in [0, 0.1) is 0 Å². The minimum absolute atomic E-state index is 0.0713. The quantitative estimate of drug-likeness (QED) is 0.403. The van der Waals surface area contributed by atoms with Crippen molar-refractivity contribution in [3.63, 3.8) is 0 Å². The van der Waals surface area contributed by atoms with Gasteiger partial charge in [-0.25, -0.2) is 9.78 Å². The van der Waals surface area contributed by atoms with Crippen molar-refractivity contribution < 1.29 is 19.1 Å². The van der Waals surface area contributed by atoms with Crippen molar-refractivity contribution in [3.05, 3.63) is 51.9 Å². The summed E-state index contributed by atoms with van der Waals surface area (Å²) in [4.78, 5) is 47.9. The Morgan fingerprint density at radius 3 is 2.88 bits per heavy atom. The van der Waals surface area contributed by atoms with E-state index in [1.54, 1.807) is 35.9 Å². The molecule has 4 heterocycles. The normalized spacial score (nSPS) is 16.5. The predicted molar refractivity (Wildman–Crippen MR) is 122 cm³/mol. The summed E-state index contributed by atoms with van der Waals surface area (Å²) in [6.07, 6.45) is 5.06. The first kappa shape index (κ1) is 22.8. The maximum atomic E-state index is 13.3. The molecule has 1 aliphatic rings. The van der Waals surface area contributed by atoms with Crippen LogP contribution >= 0.6 is 0 Å². The molecule has 3 aromatic heterocycles. The Balaban J connectivity index is 2.06. The van der Waals surface area contributed by atoms with Crippen LogP contribution in [-0.4, -0.2) is 45.1 Å². The van der Waals surface area contributed by atoms with Crippen LogP contribution in [0.25, 0.3) is 16.7 Å². The van der Waals surface area contributed by atoms with Crippen LogP contribution in [0.1, 0.15) is 56.3 Å². The van der Waals surface area contributed by atoms with Crippen molar-refractivity contribution in [3.8, 4) is 0 Å². The molecule has 174 valence electrons. The third-order valence-corrected chi connectivity index (χ3v) is 5.67. The second kappa shape index (κ2) is 10.1. The Bertz CT molecular complexity index is 1320. The minimum atomic E-state index is -0.639. The molecule has 33 heavy (non-hydrogen) atoms. The number of hydrogen-bond acceptors (Lipinski definition) is 6. The Morgan fingerprint density at radius 2 is 2.15 bits per heavy atom. The monoisotopic (exact) mass is 452 g/mol. The molecule has 0 bridgehead atoms. The molecule has 1 atom stereocenters. The number of carbonyl (C=O) groups excluding carboxylic acids is 2. The molecule has 1 saturated heterocycles. The molecule has 0 spiro atoms. The second-order valence-corrected chi connectivity index (χ2v) is 8.04. The number of rotatable bonds is 7. The number of pyridine rings is 2. The zero-order chi connectivity index (χ0) is 23.4. The first-order chi connectivity index (χ1) is 16.0. The number of nitrogens with zero attached hydrogens (tertiary/aromatic N) is 4. The van der Waals surface area contributed by atoms with Gasteiger partial charge in [-0.1, -0.05) is 19.4 Å². The van der Waals surface area contributed by atoms with E-state index in [2.05, 4.69) is 4.99 Å². The largest absolute Gasteiger partial charge is 0.462 e. The predicted octanol–water partition coefficient (Wildman–Crippen LogP) is 2.62. The molecule has 0 N–H and O–H groups in total. The molecule has 0 aromatic carbocycles. The third-order valence-electron chi connectivity index (χ3n) is 5.67. The summed E-state index contributed by atoms with van der Waals surface area (Å²) in [5, 5.41) is 0.250. The summed E-state index contributed by atoms with van der Waals surface area (Å²) >= 11 is 0. The van der Waals surface area contributed by atoms with Gasteiger partial charge in [0.2, 0.25) is 5.91 Å². The molecule has 9 heteroatoms. The first-order valence-corrected chi connectivity index (χ1v) is 11.4. The van der Waals surface area contributed by atoms with Gasteiger partial charge in [-0.3, -0.25) is 14.0 Å². The van der Waals surface area contributed by atoms with E-state index >= 15 is 0 Å². The number of esters is 1. The molecule has 1 amide bonds. The summed E-state index contributed by atoms with van der Waals surface area (Å²) in [6.45, 7) is 4.81. The molecular formula is C24H28N4O5. The molecule has 4 rings (SSSR count). The highest BCUT2D eigenvalue weighted by Crippen LogP contribution is 2.17. The van der Waals surface area contributed by atoms with E-state index < -0.39 is 5.97 Å². The highest BCUT2D eigenvalue weighted by atomic mass is 16.5. The van der Waals surface area contributed by atoms with Crippen molar-refractivity contribution in [2.45, 2.75) is 58.6 Å². The number of unbranched alkanes of at least 4 members (excludes halogenated alkanes) is 1. The van der Waals surface area contributed by atoms with Gasteiger partial charge < -0.3 is 14.0 Å². The average molecular weight is 453 g/mol. The SMILES string of the molecule is CCCCC(=O)N=c1c(C(=O)OCC)cc2c(=O)n3ccccc3nc2n1C[C@H]1CCCO1. The smallest absolute Gasteiger partial charge is 0.341 e. The number of ether oxygens (including phenoxy) is 2. The molecule has 3 aromatic rings. The third kappa shape index (κ3) is 4.73. The van der Waals surface area contributed by atoms with E-state index in [4.69, 9.17) is 14.5 Å². The van der Waals surface area contributed by atoms with Gasteiger partial charge >= 0.3 is 5.97 Å². The Labute approximate surface area is 190 Å². The van der Waals surface area contributed by atoms with Crippen LogP contribution in [0.2, 0.25) is 0 Å². The molecule has 0 unspecified atom stereocenters. The summed E-state index contributed by atoms with van der Waals surface area (Å²) in [5.41, 5.74) is 0.734. The van der Waals surface area contributed by atoms with E-state index in [9.17, 15) is 14.4 Å². The van der Waals surface area contributed by atoms with E-state index in [1.165, 1.54) is 10.5 Å².